The van der Waals surface area contributed by atoms with Gasteiger partial charge in [0.05, 0.1) is 24.5 Å². The van der Waals surface area contributed by atoms with Gasteiger partial charge in [-0.05, 0) is 43.3 Å². The van der Waals surface area contributed by atoms with Gasteiger partial charge in [0.2, 0.25) is 11.9 Å². The molecule has 11 heteroatoms. The lowest BCUT2D eigenvalue weighted by molar-refractivity contribution is -0.114. The lowest BCUT2D eigenvalue weighted by atomic mass is 9.94. The van der Waals surface area contributed by atoms with Crippen molar-refractivity contribution in [3.63, 3.8) is 0 Å². The van der Waals surface area contributed by atoms with Crippen molar-refractivity contribution in [2.45, 2.75) is 19.0 Å². The topological polar surface area (TPSA) is 101 Å². The molecule has 1 atom stereocenters. The molecule has 0 spiro atoms. The molecule has 3 amide bonds. The number of anilines is 5. The average Bonchev–Trinajstić information content (AvgIpc) is 2.99. The summed E-state index contributed by atoms with van der Waals surface area (Å²) in [5, 5.41) is 3.18. The van der Waals surface area contributed by atoms with Gasteiger partial charge in [0.25, 0.3) is 0 Å². The Balaban J connectivity index is 1.19. The number of carbonyl (C=O) groups excluding carboxylic acids is 2. The number of para-hydroxylation sites is 1. The van der Waals surface area contributed by atoms with Crippen LogP contribution in [0.2, 0.25) is 0 Å². The van der Waals surface area contributed by atoms with Gasteiger partial charge in [0.1, 0.15) is 11.6 Å². The molecule has 3 aromatic rings. The van der Waals surface area contributed by atoms with E-state index in [0.29, 0.717) is 37.1 Å². The Kier molecular flexibility index (Phi) is 6.81. The van der Waals surface area contributed by atoms with E-state index < -0.39 is 0 Å². The van der Waals surface area contributed by atoms with Crippen molar-refractivity contribution in [2.24, 2.45) is 0 Å². The summed E-state index contributed by atoms with van der Waals surface area (Å²) in [5.41, 5.74) is 3.70. The highest BCUT2D eigenvalue weighted by Crippen LogP contribution is 2.41. The molecule has 1 fully saturated rings. The van der Waals surface area contributed by atoms with Crippen LogP contribution in [0.3, 0.4) is 0 Å². The second-order valence-corrected chi connectivity index (χ2v) is 10.4. The minimum Gasteiger partial charge on any atom is -0.368 e. The van der Waals surface area contributed by atoms with Crippen LogP contribution in [0.25, 0.3) is 0 Å². The van der Waals surface area contributed by atoms with Crippen molar-refractivity contribution in [3.05, 3.63) is 72.6 Å². The molecule has 6 rings (SSSR count). The molecule has 5 heterocycles. The first-order chi connectivity index (χ1) is 19.4. The summed E-state index contributed by atoms with van der Waals surface area (Å²) in [6, 6.07) is 11.4. The standard InChI is InChI=1S/C29H33N9O2/c1-4-26(39)37-12-11-24(22-7-5-6-8-23(22)37)38-19-20-17-31-28(33-27(20)35(3)29(38)40)32-25-10-9-21(18-30-25)36-15-13-34(2)14-16-36/h4-10,17-18,24H,1,11-16,19H2,2-3H3,(H,30,31,32,33). The summed E-state index contributed by atoms with van der Waals surface area (Å²) >= 11 is 0. The lowest BCUT2D eigenvalue weighted by Gasteiger charge is -2.43. The third-order valence-corrected chi connectivity index (χ3v) is 7.92. The van der Waals surface area contributed by atoms with Crippen LogP contribution in [-0.2, 0) is 11.3 Å². The predicted molar refractivity (Wildman–Crippen MR) is 155 cm³/mol. The molecule has 1 unspecified atom stereocenters. The Morgan fingerprint density at radius 3 is 2.58 bits per heavy atom. The molecule has 0 bridgehead atoms. The second-order valence-electron chi connectivity index (χ2n) is 10.4. The molecule has 1 aromatic carbocycles. The minimum absolute atomic E-state index is 0.143. The van der Waals surface area contributed by atoms with Crippen LogP contribution < -0.4 is 20.0 Å². The van der Waals surface area contributed by atoms with Crippen molar-refractivity contribution in [1.29, 1.82) is 0 Å². The molecule has 3 aliphatic rings. The zero-order valence-electron chi connectivity index (χ0n) is 22.8. The van der Waals surface area contributed by atoms with E-state index in [1.54, 1.807) is 23.0 Å². The SMILES string of the molecule is C=CC(=O)N1CCC(N2Cc3cnc(Nc4ccc(N5CCN(C)CC5)cn4)nc3N(C)C2=O)c2ccccc21. The van der Waals surface area contributed by atoms with Gasteiger partial charge >= 0.3 is 6.03 Å². The van der Waals surface area contributed by atoms with Crippen LogP contribution in [0.5, 0.6) is 0 Å². The van der Waals surface area contributed by atoms with E-state index in [4.69, 9.17) is 0 Å². The highest BCUT2D eigenvalue weighted by atomic mass is 16.2. The van der Waals surface area contributed by atoms with Gasteiger partial charge in [0.15, 0.2) is 0 Å². The zero-order chi connectivity index (χ0) is 27.8. The number of carbonyl (C=O) groups is 2. The highest BCUT2D eigenvalue weighted by molar-refractivity contribution is 6.02. The quantitative estimate of drug-likeness (QED) is 0.493. The van der Waals surface area contributed by atoms with E-state index in [2.05, 4.69) is 49.8 Å². The molecule has 0 aliphatic carbocycles. The number of hydrogen-bond donors (Lipinski definition) is 1. The number of amides is 3. The van der Waals surface area contributed by atoms with Gasteiger partial charge < -0.3 is 24.9 Å². The third-order valence-electron chi connectivity index (χ3n) is 7.92. The van der Waals surface area contributed by atoms with Crippen LogP contribution in [0.4, 0.5) is 33.8 Å². The fourth-order valence-electron chi connectivity index (χ4n) is 5.67. The summed E-state index contributed by atoms with van der Waals surface area (Å²) in [6.45, 7) is 8.55. The van der Waals surface area contributed by atoms with Crippen molar-refractivity contribution in [2.75, 3.05) is 66.8 Å². The average molecular weight is 540 g/mol. The van der Waals surface area contributed by atoms with E-state index in [9.17, 15) is 9.59 Å². The van der Waals surface area contributed by atoms with Crippen LogP contribution >= 0.6 is 0 Å². The maximum atomic E-state index is 13.6. The smallest absolute Gasteiger partial charge is 0.326 e. The molecule has 40 heavy (non-hydrogen) atoms. The molecule has 11 nitrogen and oxygen atoms in total. The maximum absolute atomic E-state index is 13.6. The Morgan fingerprint density at radius 2 is 1.82 bits per heavy atom. The van der Waals surface area contributed by atoms with Crippen molar-refractivity contribution >= 4 is 40.9 Å². The van der Waals surface area contributed by atoms with Gasteiger partial charge in [0, 0.05) is 57.2 Å². The number of pyridine rings is 1. The van der Waals surface area contributed by atoms with Crippen LogP contribution in [0.15, 0.2) is 61.4 Å². The summed E-state index contributed by atoms with van der Waals surface area (Å²) in [5.74, 6) is 1.45. The maximum Gasteiger partial charge on any atom is 0.326 e. The van der Waals surface area contributed by atoms with E-state index >= 15 is 0 Å². The third kappa shape index (κ3) is 4.73. The van der Waals surface area contributed by atoms with E-state index in [1.165, 1.54) is 6.08 Å². The fraction of sp³-hybridized carbons (Fsp3) is 0.345. The van der Waals surface area contributed by atoms with Crippen molar-refractivity contribution in [1.82, 2.24) is 24.8 Å². The van der Waals surface area contributed by atoms with Crippen LogP contribution in [-0.4, -0.2) is 83.5 Å². The molecule has 1 saturated heterocycles. The van der Waals surface area contributed by atoms with Gasteiger partial charge in [-0.2, -0.15) is 4.98 Å². The number of nitrogens with zero attached hydrogens (tertiary/aromatic N) is 8. The molecule has 2 aromatic heterocycles. The van der Waals surface area contributed by atoms with Crippen LogP contribution in [0, 0.1) is 0 Å². The Hall–Kier alpha value is -4.51. The largest absolute Gasteiger partial charge is 0.368 e. The fourth-order valence-corrected chi connectivity index (χ4v) is 5.67. The number of piperazine rings is 1. The zero-order valence-corrected chi connectivity index (χ0v) is 22.8. The van der Waals surface area contributed by atoms with Crippen molar-refractivity contribution in [3.8, 4) is 0 Å². The number of urea groups is 1. The number of nitrogens with one attached hydrogen (secondary N) is 1. The molecule has 1 N–H and O–H groups in total. The molecular formula is C29H33N9O2. The Labute approximate surface area is 233 Å². The van der Waals surface area contributed by atoms with E-state index in [1.807, 2.05) is 41.4 Å². The minimum atomic E-state index is -0.172. The summed E-state index contributed by atoms with van der Waals surface area (Å²) in [4.78, 5) is 49.6. The molecule has 206 valence electrons. The molecule has 0 radical (unpaired) electrons. The summed E-state index contributed by atoms with van der Waals surface area (Å²) < 4.78 is 0. The first-order valence-corrected chi connectivity index (χ1v) is 13.5. The number of hydrogen-bond acceptors (Lipinski definition) is 8. The van der Waals surface area contributed by atoms with Gasteiger partial charge in [-0.25, -0.2) is 14.8 Å². The van der Waals surface area contributed by atoms with E-state index in [0.717, 1.165) is 48.7 Å². The molecule has 0 saturated carbocycles. The van der Waals surface area contributed by atoms with E-state index in [-0.39, 0.29) is 18.0 Å². The number of fused-ring (bicyclic) bond motifs is 2. The Morgan fingerprint density at radius 1 is 1.02 bits per heavy atom. The van der Waals surface area contributed by atoms with Crippen LogP contribution in [0.1, 0.15) is 23.6 Å². The normalized spacial score (nSPS) is 19.2. The monoisotopic (exact) mass is 539 g/mol. The summed E-state index contributed by atoms with van der Waals surface area (Å²) in [7, 11) is 3.87. The molecular weight excluding hydrogens is 506 g/mol. The predicted octanol–water partition coefficient (Wildman–Crippen LogP) is 3.40. The second kappa shape index (κ2) is 10.6. The number of aromatic nitrogens is 3. The van der Waals surface area contributed by atoms with Gasteiger partial charge in [-0.3, -0.25) is 9.69 Å². The Bertz CT molecular complexity index is 1440. The number of benzene rings is 1. The lowest BCUT2D eigenvalue weighted by Crippen LogP contribution is -2.49. The highest BCUT2D eigenvalue weighted by Gasteiger charge is 2.38. The van der Waals surface area contributed by atoms with Crippen molar-refractivity contribution < 1.29 is 9.59 Å². The first-order valence-electron chi connectivity index (χ1n) is 13.5. The molecule has 3 aliphatic heterocycles. The first kappa shape index (κ1) is 25.8. The van der Waals surface area contributed by atoms with Gasteiger partial charge in [-0.15, -0.1) is 0 Å². The van der Waals surface area contributed by atoms with Gasteiger partial charge in [-0.1, -0.05) is 24.8 Å². The summed E-state index contributed by atoms with van der Waals surface area (Å²) in [6.07, 6.45) is 5.59. The number of rotatable bonds is 5. The number of likely N-dealkylation sites (N-methyl/N-ethyl adjacent to an activating group) is 1.